The lowest BCUT2D eigenvalue weighted by atomic mass is 9.97. The highest BCUT2D eigenvalue weighted by Crippen LogP contribution is 2.31. The lowest BCUT2D eigenvalue weighted by molar-refractivity contribution is -0.142. The van der Waals surface area contributed by atoms with Crippen molar-refractivity contribution in [3.63, 3.8) is 0 Å². The molecule has 1 aliphatic carbocycles. The molecule has 1 saturated carbocycles. The van der Waals surface area contributed by atoms with E-state index in [4.69, 9.17) is 5.11 Å². The maximum absolute atomic E-state index is 12.3. The van der Waals surface area contributed by atoms with Crippen molar-refractivity contribution in [2.75, 3.05) is 26.2 Å². The van der Waals surface area contributed by atoms with Gasteiger partial charge in [-0.15, -0.1) is 0 Å². The predicted octanol–water partition coefficient (Wildman–Crippen LogP) is 0.228. The SMILES string of the molecule is O=C(C1CC(=O)N(C2CCCC2)C1)N1CC(CO)C1. The summed E-state index contributed by atoms with van der Waals surface area (Å²) in [6.45, 7) is 2.08. The molecule has 0 aromatic carbocycles. The van der Waals surface area contributed by atoms with Crippen molar-refractivity contribution in [1.82, 2.24) is 9.80 Å². The van der Waals surface area contributed by atoms with E-state index in [1.54, 1.807) is 4.90 Å². The second kappa shape index (κ2) is 5.12. The molecule has 3 rings (SSSR count). The Morgan fingerprint density at radius 3 is 2.53 bits per heavy atom. The zero-order valence-electron chi connectivity index (χ0n) is 11.3. The van der Waals surface area contributed by atoms with E-state index in [0.29, 0.717) is 32.1 Å². The van der Waals surface area contributed by atoms with Crippen molar-refractivity contribution in [2.24, 2.45) is 11.8 Å². The van der Waals surface area contributed by atoms with Gasteiger partial charge < -0.3 is 14.9 Å². The fourth-order valence-corrected chi connectivity index (χ4v) is 3.59. The highest BCUT2D eigenvalue weighted by molar-refractivity contribution is 5.89. The van der Waals surface area contributed by atoms with Gasteiger partial charge in [-0.1, -0.05) is 12.8 Å². The van der Waals surface area contributed by atoms with Crippen LogP contribution in [0.25, 0.3) is 0 Å². The third kappa shape index (κ3) is 2.36. The molecule has 0 aromatic rings. The van der Waals surface area contributed by atoms with Crippen LogP contribution in [0.2, 0.25) is 0 Å². The zero-order valence-corrected chi connectivity index (χ0v) is 11.3. The molecule has 3 fully saturated rings. The molecule has 3 aliphatic rings. The van der Waals surface area contributed by atoms with E-state index < -0.39 is 0 Å². The third-order valence-corrected chi connectivity index (χ3v) is 4.80. The molecule has 19 heavy (non-hydrogen) atoms. The smallest absolute Gasteiger partial charge is 0.228 e. The maximum atomic E-state index is 12.3. The fourth-order valence-electron chi connectivity index (χ4n) is 3.59. The first-order chi connectivity index (χ1) is 9.19. The van der Waals surface area contributed by atoms with Crippen LogP contribution in [0.1, 0.15) is 32.1 Å². The molecule has 1 atom stereocenters. The van der Waals surface area contributed by atoms with Crippen LogP contribution in [0.4, 0.5) is 0 Å². The van der Waals surface area contributed by atoms with Crippen molar-refractivity contribution in [1.29, 1.82) is 0 Å². The molecule has 0 bridgehead atoms. The Morgan fingerprint density at radius 2 is 1.89 bits per heavy atom. The molecule has 2 aliphatic heterocycles. The molecule has 2 heterocycles. The lowest BCUT2D eigenvalue weighted by Gasteiger charge is -2.39. The van der Waals surface area contributed by atoms with Crippen LogP contribution in [-0.2, 0) is 9.59 Å². The molecule has 0 aromatic heterocycles. The number of hydrogen-bond donors (Lipinski definition) is 1. The summed E-state index contributed by atoms with van der Waals surface area (Å²) in [5.41, 5.74) is 0. The van der Waals surface area contributed by atoms with Crippen LogP contribution in [-0.4, -0.2) is 59.0 Å². The fraction of sp³-hybridized carbons (Fsp3) is 0.857. The average molecular weight is 266 g/mol. The first kappa shape index (κ1) is 12.9. The van der Waals surface area contributed by atoms with Gasteiger partial charge in [0.1, 0.15) is 0 Å². The number of carbonyl (C=O) groups is 2. The number of aliphatic hydroxyl groups is 1. The van der Waals surface area contributed by atoms with Gasteiger partial charge >= 0.3 is 0 Å². The van der Waals surface area contributed by atoms with Gasteiger partial charge in [0.15, 0.2) is 0 Å². The van der Waals surface area contributed by atoms with Gasteiger partial charge in [0.25, 0.3) is 0 Å². The Balaban J connectivity index is 1.55. The molecule has 1 unspecified atom stereocenters. The molecule has 5 heteroatoms. The molecule has 0 radical (unpaired) electrons. The summed E-state index contributed by atoms with van der Waals surface area (Å²) >= 11 is 0. The molecule has 5 nitrogen and oxygen atoms in total. The van der Waals surface area contributed by atoms with E-state index in [0.717, 1.165) is 12.8 Å². The molecule has 2 amide bonds. The Kier molecular flexibility index (Phi) is 3.48. The van der Waals surface area contributed by atoms with Gasteiger partial charge in [0, 0.05) is 44.6 Å². The van der Waals surface area contributed by atoms with Crippen molar-refractivity contribution in [3.8, 4) is 0 Å². The summed E-state index contributed by atoms with van der Waals surface area (Å²) in [7, 11) is 0. The van der Waals surface area contributed by atoms with Crippen LogP contribution in [0.3, 0.4) is 0 Å². The summed E-state index contributed by atoms with van der Waals surface area (Å²) in [6, 6.07) is 0.381. The number of aliphatic hydroxyl groups excluding tert-OH is 1. The normalized spacial score (nSPS) is 29.1. The van der Waals surface area contributed by atoms with Gasteiger partial charge in [0.2, 0.25) is 11.8 Å². The molecule has 0 spiro atoms. The largest absolute Gasteiger partial charge is 0.396 e. The molecular formula is C14H22N2O3. The number of amides is 2. The Hall–Kier alpha value is -1.10. The summed E-state index contributed by atoms with van der Waals surface area (Å²) in [5, 5.41) is 8.98. The van der Waals surface area contributed by atoms with E-state index in [2.05, 4.69) is 0 Å². The standard InChI is InChI=1S/C14H22N2O3/c17-9-10-6-15(7-10)14(19)11-5-13(18)16(8-11)12-3-1-2-4-12/h10-12,17H,1-9H2. The second-order valence-corrected chi connectivity index (χ2v) is 6.18. The number of carbonyl (C=O) groups excluding carboxylic acids is 2. The van der Waals surface area contributed by atoms with Crippen molar-refractivity contribution < 1.29 is 14.7 Å². The number of hydrogen-bond acceptors (Lipinski definition) is 3. The summed E-state index contributed by atoms with van der Waals surface area (Å²) < 4.78 is 0. The van der Waals surface area contributed by atoms with Crippen LogP contribution in [0.15, 0.2) is 0 Å². The average Bonchev–Trinajstić information content (AvgIpc) is 2.95. The highest BCUT2D eigenvalue weighted by atomic mass is 16.3. The van der Waals surface area contributed by atoms with Crippen molar-refractivity contribution >= 4 is 11.8 Å². The van der Waals surface area contributed by atoms with Gasteiger partial charge in [0.05, 0.1) is 5.92 Å². The monoisotopic (exact) mass is 266 g/mol. The van der Waals surface area contributed by atoms with Crippen LogP contribution >= 0.6 is 0 Å². The number of rotatable bonds is 3. The quantitative estimate of drug-likeness (QED) is 0.795. The second-order valence-electron chi connectivity index (χ2n) is 6.18. The Morgan fingerprint density at radius 1 is 1.21 bits per heavy atom. The van der Waals surface area contributed by atoms with Gasteiger partial charge in [-0.25, -0.2) is 0 Å². The maximum Gasteiger partial charge on any atom is 0.228 e. The lowest BCUT2D eigenvalue weighted by Crippen LogP contribution is -2.53. The molecular weight excluding hydrogens is 244 g/mol. The van der Waals surface area contributed by atoms with Crippen LogP contribution < -0.4 is 0 Å². The van der Waals surface area contributed by atoms with E-state index in [1.807, 2.05) is 4.90 Å². The van der Waals surface area contributed by atoms with Crippen LogP contribution in [0, 0.1) is 11.8 Å². The van der Waals surface area contributed by atoms with Crippen molar-refractivity contribution in [2.45, 2.75) is 38.1 Å². The first-order valence-electron chi connectivity index (χ1n) is 7.38. The minimum Gasteiger partial charge on any atom is -0.396 e. The Bertz CT molecular complexity index is 373. The topological polar surface area (TPSA) is 60.9 Å². The molecule has 2 saturated heterocycles. The number of nitrogens with zero attached hydrogens (tertiary/aromatic N) is 2. The van der Waals surface area contributed by atoms with Gasteiger partial charge in [-0.05, 0) is 12.8 Å². The molecule has 106 valence electrons. The third-order valence-electron chi connectivity index (χ3n) is 4.80. The minimum atomic E-state index is -0.146. The first-order valence-corrected chi connectivity index (χ1v) is 7.38. The Labute approximate surface area is 113 Å². The summed E-state index contributed by atoms with van der Waals surface area (Å²) in [4.78, 5) is 28.0. The van der Waals surface area contributed by atoms with E-state index in [-0.39, 0.29) is 30.3 Å². The van der Waals surface area contributed by atoms with Gasteiger partial charge in [-0.2, -0.15) is 0 Å². The van der Waals surface area contributed by atoms with Gasteiger partial charge in [-0.3, -0.25) is 9.59 Å². The van der Waals surface area contributed by atoms with Crippen molar-refractivity contribution in [3.05, 3.63) is 0 Å². The van der Waals surface area contributed by atoms with E-state index >= 15 is 0 Å². The molecule has 1 N–H and O–H groups in total. The minimum absolute atomic E-state index is 0.110. The zero-order chi connectivity index (χ0) is 13.4. The van der Waals surface area contributed by atoms with Crippen LogP contribution in [0.5, 0.6) is 0 Å². The van der Waals surface area contributed by atoms with E-state index in [9.17, 15) is 9.59 Å². The summed E-state index contributed by atoms with van der Waals surface area (Å²) in [6.07, 6.45) is 5.00. The highest BCUT2D eigenvalue weighted by Gasteiger charge is 2.42. The number of likely N-dealkylation sites (tertiary alicyclic amines) is 2. The van der Waals surface area contributed by atoms with E-state index in [1.165, 1.54) is 12.8 Å². The summed E-state index contributed by atoms with van der Waals surface area (Å²) in [5.74, 6) is 0.364. The predicted molar refractivity (Wildman–Crippen MR) is 69.2 cm³/mol.